The van der Waals surface area contributed by atoms with E-state index in [0.717, 1.165) is 16.9 Å². The Morgan fingerprint density at radius 1 is 1.13 bits per heavy atom. The van der Waals surface area contributed by atoms with E-state index < -0.39 is 0 Å². The first-order chi connectivity index (χ1) is 14.7. The number of hydrogen-bond donors (Lipinski definition) is 0. The van der Waals surface area contributed by atoms with Crippen LogP contribution in [0.3, 0.4) is 0 Å². The van der Waals surface area contributed by atoms with Gasteiger partial charge in [0.05, 0.1) is 21.3 Å². The first-order valence-corrected chi connectivity index (χ1v) is 10.3. The fourth-order valence-electron chi connectivity index (χ4n) is 3.35. The molecule has 1 aliphatic rings. The Bertz CT molecular complexity index is 1040. The fraction of sp³-hybridized carbons (Fsp3) is 0.286. The molecule has 156 valence electrons. The van der Waals surface area contributed by atoms with Gasteiger partial charge in [0.25, 0.3) is 5.91 Å². The lowest BCUT2D eigenvalue weighted by Gasteiger charge is -2.25. The zero-order chi connectivity index (χ0) is 21.1. The van der Waals surface area contributed by atoms with Gasteiger partial charge in [-0.1, -0.05) is 5.16 Å². The molecule has 4 rings (SSSR count). The van der Waals surface area contributed by atoms with E-state index in [1.165, 1.54) is 0 Å². The van der Waals surface area contributed by atoms with E-state index in [2.05, 4.69) is 10.1 Å². The van der Waals surface area contributed by atoms with Crippen LogP contribution >= 0.6 is 11.8 Å². The molecule has 0 saturated carbocycles. The Morgan fingerprint density at radius 3 is 2.60 bits per heavy atom. The molecule has 1 saturated heterocycles. The Kier molecular flexibility index (Phi) is 5.80. The third-order valence-electron chi connectivity index (χ3n) is 4.83. The van der Waals surface area contributed by atoms with E-state index in [9.17, 15) is 4.79 Å². The largest absolute Gasteiger partial charge is 0.496 e. The topological polar surface area (TPSA) is 86.9 Å². The van der Waals surface area contributed by atoms with Crippen LogP contribution in [0.4, 0.5) is 0 Å². The predicted octanol–water partition coefficient (Wildman–Crippen LogP) is 3.65. The summed E-state index contributed by atoms with van der Waals surface area (Å²) in [5.74, 6) is 2.85. The average molecular weight is 427 g/mol. The lowest BCUT2D eigenvalue weighted by molar-refractivity contribution is 0.0748. The van der Waals surface area contributed by atoms with Crippen LogP contribution in [-0.2, 0) is 0 Å². The quantitative estimate of drug-likeness (QED) is 0.589. The highest BCUT2D eigenvalue weighted by atomic mass is 32.2. The molecule has 0 aliphatic carbocycles. The van der Waals surface area contributed by atoms with Crippen molar-refractivity contribution < 1.29 is 23.5 Å². The van der Waals surface area contributed by atoms with Crippen LogP contribution in [0.2, 0.25) is 0 Å². The summed E-state index contributed by atoms with van der Waals surface area (Å²) in [6, 6.07) is 8.92. The second-order valence-electron chi connectivity index (χ2n) is 6.49. The van der Waals surface area contributed by atoms with Crippen molar-refractivity contribution in [2.75, 3.05) is 33.6 Å². The second kappa shape index (κ2) is 8.66. The Labute approximate surface area is 178 Å². The van der Waals surface area contributed by atoms with Gasteiger partial charge in [-0.2, -0.15) is 0 Å². The van der Waals surface area contributed by atoms with Crippen molar-refractivity contribution >= 4 is 17.7 Å². The zero-order valence-corrected chi connectivity index (χ0v) is 17.6. The van der Waals surface area contributed by atoms with Crippen LogP contribution in [-0.4, -0.2) is 54.6 Å². The highest BCUT2D eigenvalue weighted by Gasteiger charge is 2.35. The summed E-state index contributed by atoms with van der Waals surface area (Å²) in [4.78, 5) is 19.1. The van der Waals surface area contributed by atoms with Crippen LogP contribution in [0.1, 0.15) is 21.4 Å². The van der Waals surface area contributed by atoms with E-state index >= 15 is 0 Å². The lowest BCUT2D eigenvalue weighted by Crippen LogP contribution is -2.30. The van der Waals surface area contributed by atoms with Crippen LogP contribution in [0, 0.1) is 0 Å². The summed E-state index contributed by atoms with van der Waals surface area (Å²) < 4.78 is 21.8. The molecule has 1 unspecified atom stereocenters. The fourth-order valence-corrected chi connectivity index (χ4v) is 4.62. The summed E-state index contributed by atoms with van der Waals surface area (Å²) in [7, 11) is 4.74. The minimum atomic E-state index is -0.245. The molecule has 3 aromatic rings. The number of nitrogens with zero attached hydrogens (tertiary/aromatic N) is 3. The molecule has 30 heavy (non-hydrogen) atoms. The van der Waals surface area contributed by atoms with Crippen LogP contribution in [0.15, 0.2) is 47.2 Å². The highest BCUT2D eigenvalue weighted by molar-refractivity contribution is 7.99. The monoisotopic (exact) mass is 427 g/mol. The van der Waals surface area contributed by atoms with Gasteiger partial charge < -0.3 is 23.6 Å². The third-order valence-corrected chi connectivity index (χ3v) is 6.07. The van der Waals surface area contributed by atoms with Crippen molar-refractivity contribution in [2.24, 2.45) is 0 Å². The summed E-state index contributed by atoms with van der Waals surface area (Å²) in [5.41, 5.74) is 1.85. The molecule has 1 aliphatic heterocycles. The van der Waals surface area contributed by atoms with Gasteiger partial charge in [-0.25, -0.2) is 0 Å². The number of aromatic nitrogens is 2. The molecule has 1 atom stereocenters. The number of pyridine rings is 1. The maximum Gasteiger partial charge on any atom is 0.277 e. The van der Waals surface area contributed by atoms with Gasteiger partial charge in [0.1, 0.15) is 11.1 Å². The molecule has 1 amide bonds. The zero-order valence-electron chi connectivity index (χ0n) is 16.8. The number of rotatable bonds is 6. The average Bonchev–Trinajstić information content (AvgIpc) is 3.48. The van der Waals surface area contributed by atoms with Gasteiger partial charge in [-0.15, -0.1) is 11.8 Å². The van der Waals surface area contributed by atoms with Crippen molar-refractivity contribution in [1.82, 2.24) is 15.0 Å². The number of benzene rings is 1. The van der Waals surface area contributed by atoms with E-state index in [-0.39, 0.29) is 17.0 Å². The SMILES string of the molecule is COc1cc(OC)c(C2SCCN2C(=O)c2cc(-c3cccnc3)on2)cc1OC. The van der Waals surface area contributed by atoms with Crippen LogP contribution < -0.4 is 14.2 Å². The number of carbonyl (C=O) groups is 1. The second-order valence-corrected chi connectivity index (χ2v) is 7.68. The third kappa shape index (κ3) is 3.68. The molecule has 0 bridgehead atoms. The van der Waals surface area contributed by atoms with Crippen molar-refractivity contribution in [2.45, 2.75) is 5.37 Å². The molecule has 0 N–H and O–H groups in total. The number of hydrogen-bond acceptors (Lipinski definition) is 8. The number of amides is 1. The highest BCUT2D eigenvalue weighted by Crippen LogP contribution is 2.46. The number of thioether (sulfide) groups is 1. The van der Waals surface area contributed by atoms with Crippen molar-refractivity contribution in [3.63, 3.8) is 0 Å². The summed E-state index contributed by atoms with van der Waals surface area (Å²) >= 11 is 1.65. The maximum atomic E-state index is 13.2. The molecule has 3 heterocycles. The van der Waals surface area contributed by atoms with Gasteiger partial charge >= 0.3 is 0 Å². The molecule has 1 aromatic carbocycles. The lowest BCUT2D eigenvalue weighted by atomic mass is 10.1. The Morgan fingerprint density at radius 2 is 1.90 bits per heavy atom. The molecule has 2 aromatic heterocycles. The number of carbonyl (C=O) groups excluding carboxylic acids is 1. The molecule has 0 radical (unpaired) electrons. The molecule has 8 nitrogen and oxygen atoms in total. The Hall–Kier alpha value is -3.20. The maximum absolute atomic E-state index is 13.2. The first-order valence-electron chi connectivity index (χ1n) is 9.26. The standard InChI is InChI=1S/C21H21N3O5S/c1-26-17-11-19(28-3)18(27-2)9-14(17)21-24(7-8-30-21)20(25)15-10-16(29-23-15)13-5-4-6-22-12-13/h4-6,9-12,21H,7-8H2,1-3H3. The minimum absolute atomic E-state index is 0.208. The first kappa shape index (κ1) is 20.1. The molecular weight excluding hydrogens is 406 g/mol. The van der Waals surface area contributed by atoms with Crippen molar-refractivity contribution in [3.8, 4) is 28.6 Å². The van der Waals surface area contributed by atoms with Gasteiger partial charge in [0.15, 0.2) is 23.0 Å². The van der Waals surface area contributed by atoms with E-state index in [4.69, 9.17) is 18.7 Å². The predicted molar refractivity (Wildman–Crippen MR) is 112 cm³/mol. The van der Waals surface area contributed by atoms with Gasteiger partial charge in [0.2, 0.25) is 0 Å². The van der Waals surface area contributed by atoms with Gasteiger partial charge in [-0.05, 0) is 18.2 Å². The van der Waals surface area contributed by atoms with Crippen LogP contribution in [0.5, 0.6) is 17.2 Å². The van der Waals surface area contributed by atoms with E-state index in [1.54, 1.807) is 68.6 Å². The van der Waals surface area contributed by atoms with Crippen LogP contribution in [0.25, 0.3) is 11.3 Å². The van der Waals surface area contributed by atoms with Crippen molar-refractivity contribution in [1.29, 1.82) is 0 Å². The smallest absolute Gasteiger partial charge is 0.277 e. The summed E-state index contributed by atoms with van der Waals surface area (Å²) in [5, 5.41) is 3.75. The molecule has 0 spiro atoms. The van der Waals surface area contributed by atoms with E-state index in [1.807, 2.05) is 12.1 Å². The summed E-state index contributed by atoms with van der Waals surface area (Å²) in [6.45, 7) is 0.584. The number of methoxy groups -OCH3 is 3. The molecule has 9 heteroatoms. The number of ether oxygens (including phenoxy) is 3. The normalized spacial score (nSPS) is 15.8. The van der Waals surface area contributed by atoms with Crippen molar-refractivity contribution in [3.05, 3.63) is 54.0 Å². The summed E-state index contributed by atoms with van der Waals surface area (Å²) in [6.07, 6.45) is 3.34. The minimum Gasteiger partial charge on any atom is -0.496 e. The van der Waals surface area contributed by atoms with E-state index in [0.29, 0.717) is 29.6 Å². The van der Waals surface area contributed by atoms with Gasteiger partial charge in [0, 0.05) is 48.0 Å². The molecular formula is C21H21N3O5S. The molecule has 1 fully saturated rings. The van der Waals surface area contributed by atoms with Gasteiger partial charge in [-0.3, -0.25) is 9.78 Å². The Balaban J connectivity index is 1.64.